The summed E-state index contributed by atoms with van der Waals surface area (Å²) in [6.07, 6.45) is 5.31. The molecule has 0 heterocycles. The van der Waals surface area contributed by atoms with Crippen molar-refractivity contribution in [3.63, 3.8) is 0 Å². The zero-order chi connectivity index (χ0) is 24.7. The Kier molecular flexibility index (Phi) is 8.55. The molecule has 1 saturated carbocycles. The van der Waals surface area contributed by atoms with Crippen molar-refractivity contribution in [2.45, 2.75) is 50.0 Å². The van der Waals surface area contributed by atoms with E-state index in [1.807, 2.05) is 6.92 Å². The number of methoxy groups -OCH3 is 1. The minimum Gasteiger partial charge on any atom is -0.497 e. The molecule has 1 aliphatic rings. The van der Waals surface area contributed by atoms with E-state index in [2.05, 4.69) is 0 Å². The average molecular weight is 489 g/mol. The molecule has 0 unspecified atom stereocenters. The summed E-state index contributed by atoms with van der Waals surface area (Å²) in [6.45, 7) is 2.11. The summed E-state index contributed by atoms with van der Waals surface area (Å²) >= 11 is 0. The van der Waals surface area contributed by atoms with Crippen LogP contribution in [0.5, 0.6) is 5.75 Å². The maximum atomic E-state index is 13.1. The van der Waals surface area contributed by atoms with E-state index in [1.165, 1.54) is 44.8 Å². The van der Waals surface area contributed by atoms with Gasteiger partial charge < -0.3 is 14.4 Å². The van der Waals surface area contributed by atoms with E-state index in [0.717, 1.165) is 30.0 Å². The second kappa shape index (κ2) is 11.4. The Balaban J connectivity index is 1.68. The van der Waals surface area contributed by atoms with Crippen molar-refractivity contribution >= 4 is 27.6 Å². The van der Waals surface area contributed by atoms with Crippen LogP contribution in [0.2, 0.25) is 0 Å². The van der Waals surface area contributed by atoms with E-state index in [1.54, 1.807) is 29.2 Å². The molecule has 0 aliphatic heterocycles. The Hall–Kier alpha value is -3.07. The Bertz CT molecular complexity index is 1090. The molecule has 1 fully saturated rings. The first-order chi connectivity index (χ1) is 16.3. The molecule has 1 aliphatic carbocycles. The van der Waals surface area contributed by atoms with Crippen molar-refractivity contribution in [1.29, 1.82) is 0 Å². The molecule has 1 amide bonds. The summed E-state index contributed by atoms with van der Waals surface area (Å²) < 4.78 is 37.7. The number of ether oxygens (including phenoxy) is 2. The minimum absolute atomic E-state index is 0.0519. The first kappa shape index (κ1) is 25.6. The predicted molar refractivity (Wildman–Crippen MR) is 130 cm³/mol. The molecular formula is C25H32N2O6S. The normalized spacial score (nSPS) is 14.3. The zero-order valence-corrected chi connectivity index (χ0v) is 20.7. The van der Waals surface area contributed by atoms with Gasteiger partial charge in [-0.3, -0.25) is 9.10 Å². The van der Waals surface area contributed by atoms with Crippen LogP contribution in [0.15, 0.2) is 53.4 Å². The second-order valence-corrected chi connectivity index (χ2v) is 10.2. The number of sulfonamides is 1. The van der Waals surface area contributed by atoms with Gasteiger partial charge in [-0.25, -0.2) is 13.2 Å². The lowest BCUT2D eigenvalue weighted by atomic mass is 9.94. The van der Waals surface area contributed by atoms with Gasteiger partial charge in [0.05, 0.1) is 23.3 Å². The lowest BCUT2D eigenvalue weighted by Crippen LogP contribution is -2.43. The standard InChI is InChI=1S/C25H32N2O6S/c1-4-27(21-10-6-5-7-11-21)24(28)18-33-25(29)19-9-8-12-23(17-19)34(30,31)26(2)20-13-15-22(32-3)16-14-20/h8-9,12-17,21H,4-7,10-11,18H2,1-3H3. The minimum atomic E-state index is -3.92. The van der Waals surface area contributed by atoms with E-state index >= 15 is 0 Å². The van der Waals surface area contributed by atoms with Gasteiger partial charge in [-0.1, -0.05) is 25.3 Å². The summed E-state index contributed by atoms with van der Waals surface area (Å²) in [6, 6.07) is 12.4. The van der Waals surface area contributed by atoms with Crippen LogP contribution in [0.1, 0.15) is 49.4 Å². The van der Waals surface area contributed by atoms with E-state index in [0.29, 0.717) is 18.0 Å². The second-order valence-electron chi connectivity index (χ2n) is 8.25. The molecule has 9 heteroatoms. The molecule has 184 valence electrons. The van der Waals surface area contributed by atoms with E-state index < -0.39 is 16.0 Å². The van der Waals surface area contributed by atoms with Crippen molar-refractivity contribution in [3.8, 4) is 5.75 Å². The first-order valence-corrected chi connectivity index (χ1v) is 12.9. The zero-order valence-electron chi connectivity index (χ0n) is 19.9. The summed E-state index contributed by atoms with van der Waals surface area (Å²) in [5.74, 6) is -0.359. The van der Waals surface area contributed by atoms with Crippen molar-refractivity contribution in [2.24, 2.45) is 0 Å². The SMILES string of the molecule is CCN(C(=O)COC(=O)c1cccc(S(=O)(=O)N(C)c2ccc(OC)cc2)c1)C1CCCCC1. The Morgan fingerprint density at radius 1 is 1.03 bits per heavy atom. The number of carbonyl (C=O) groups excluding carboxylic acids is 2. The van der Waals surface area contributed by atoms with E-state index in [-0.39, 0.29) is 29.0 Å². The molecule has 0 spiro atoms. The van der Waals surface area contributed by atoms with Gasteiger partial charge in [0, 0.05) is 19.6 Å². The van der Waals surface area contributed by atoms with Gasteiger partial charge in [-0.05, 0) is 62.2 Å². The van der Waals surface area contributed by atoms with Gasteiger partial charge in [-0.2, -0.15) is 0 Å². The molecular weight excluding hydrogens is 456 g/mol. The maximum Gasteiger partial charge on any atom is 0.338 e. The van der Waals surface area contributed by atoms with Crippen molar-refractivity contribution in [3.05, 3.63) is 54.1 Å². The Labute approximate surface area is 201 Å². The van der Waals surface area contributed by atoms with Crippen LogP contribution in [0.3, 0.4) is 0 Å². The molecule has 0 bridgehead atoms. The highest BCUT2D eigenvalue weighted by Gasteiger charge is 2.26. The summed E-state index contributed by atoms with van der Waals surface area (Å²) in [4.78, 5) is 27.0. The highest BCUT2D eigenvalue weighted by molar-refractivity contribution is 7.92. The van der Waals surface area contributed by atoms with Crippen LogP contribution in [0, 0.1) is 0 Å². The number of anilines is 1. The van der Waals surface area contributed by atoms with Crippen LogP contribution >= 0.6 is 0 Å². The van der Waals surface area contributed by atoms with Crippen LogP contribution in [0.4, 0.5) is 5.69 Å². The molecule has 3 rings (SSSR count). The molecule has 2 aromatic carbocycles. The van der Waals surface area contributed by atoms with E-state index in [4.69, 9.17) is 9.47 Å². The van der Waals surface area contributed by atoms with Gasteiger partial charge in [-0.15, -0.1) is 0 Å². The third-order valence-corrected chi connectivity index (χ3v) is 7.95. The largest absolute Gasteiger partial charge is 0.497 e. The van der Waals surface area contributed by atoms with Crippen LogP contribution in [0.25, 0.3) is 0 Å². The van der Waals surface area contributed by atoms with Crippen LogP contribution in [-0.4, -0.2) is 58.5 Å². The van der Waals surface area contributed by atoms with Crippen molar-refractivity contribution in [1.82, 2.24) is 4.90 Å². The lowest BCUT2D eigenvalue weighted by Gasteiger charge is -2.33. The van der Waals surface area contributed by atoms with Gasteiger partial charge in [0.15, 0.2) is 6.61 Å². The fourth-order valence-electron chi connectivity index (χ4n) is 4.20. The van der Waals surface area contributed by atoms with Crippen LogP contribution in [-0.2, 0) is 19.6 Å². The smallest absolute Gasteiger partial charge is 0.338 e. The summed E-state index contributed by atoms with van der Waals surface area (Å²) in [5, 5.41) is 0. The van der Waals surface area contributed by atoms with E-state index in [9.17, 15) is 18.0 Å². The number of carbonyl (C=O) groups is 2. The molecule has 0 radical (unpaired) electrons. The highest BCUT2D eigenvalue weighted by atomic mass is 32.2. The highest BCUT2D eigenvalue weighted by Crippen LogP contribution is 2.25. The number of hydrogen-bond acceptors (Lipinski definition) is 6. The molecule has 0 saturated heterocycles. The lowest BCUT2D eigenvalue weighted by molar-refractivity contribution is -0.137. The molecule has 0 aromatic heterocycles. The third kappa shape index (κ3) is 5.88. The number of benzene rings is 2. The maximum absolute atomic E-state index is 13.1. The Morgan fingerprint density at radius 3 is 2.32 bits per heavy atom. The number of rotatable bonds is 9. The quantitative estimate of drug-likeness (QED) is 0.498. The van der Waals surface area contributed by atoms with Gasteiger partial charge >= 0.3 is 5.97 Å². The number of esters is 1. The average Bonchev–Trinajstić information content (AvgIpc) is 2.88. The summed E-state index contributed by atoms with van der Waals surface area (Å²) in [5.41, 5.74) is 0.513. The molecule has 0 atom stereocenters. The number of amides is 1. The monoisotopic (exact) mass is 488 g/mol. The van der Waals surface area contributed by atoms with Gasteiger partial charge in [0.25, 0.3) is 15.9 Å². The predicted octanol–water partition coefficient (Wildman–Crippen LogP) is 3.86. The fourth-order valence-corrected chi connectivity index (χ4v) is 5.44. The molecule has 34 heavy (non-hydrogen) atoms. The molecule has 8 nitrogen and oxygen atoms in total. The summed E-state index contributed by atoms with van der Waals surface area (Å²) in [7, 11) is -0.954. The number of likely N-dealkylation sites (N-methyl/N-ethyl adjacent to an activating group) is 1. The fraction of sp³-hybridized carbons (Fsp3) is 0.440. The topological polar surface area (TPSA) is 93.2 Å². The van der Waals surface area contributed by atoms with Crippen molar-refractivity contribution < 1.29 is 27.5 Å². The first-order valence-electron chi connectivity index (χ1n) is 11.5. The van der Waals surface area contributed by atoms with Crippen LogP contribution < -0.4 is 9.04 Å². The third-order valence-electron chi connectivity index (χ3n) is 6.17. The molecule has 0 N–H and O–H groups in total. The van der Waals surface area contributed by atoms with Gasteiger partial charge in [0.2, 0.25) is 0 Å². The number of nitrogens with zero attached hydrogens (tertiary/aromatic N) is 2. The molecule has 2 aromatic rings. The van der Waals surface area contributed by atoms with Gasteiger partial charge in [0.1, 0.15) is 5.75 Å². The number of hydrogen-bond donors (Lipinski definition) is 0. The Morgan fingerprint density at radius 2 is 1.71 bits per heavy atom. The van der Waals surface area contributed by atoms with Crippen molar-refractivity contribution in [2.75, 3.05) is 31.6 Å².